The van der Waals surface area contributed by atoms with Gasteiger partial charge in [-0.05, 0) is 43.9 Å². The number of para-hydroxylation sites is 1. The van der Waals surface area contributed by atoms with Gasteiger partial charge in [0.25, 0.3) is 0 Å². The van der Waals surface area contributed by atoms with Crippen molar-refractivity contribution in [1.29, 1.82) is 0 Å². The van der Waals surface area contributed by atoms with Crippen molar-refractivity contribution >= 4 is 40.6 Å². The Labute approximate surface area is 247 Å². The van der Waals surface area contributed by atoms with Gasteiger partial charge in [-0.3, -0.25) is 19.2 Å². The summed E-state index contributed by atoms with van der Waals surface area (Å²) in [5.41, 5.74) is 13.7. The fourth-order valence-corrected chi connectivity index (χ4v) is 4.57. The number of H-pyrrole nitrogens is 2. The molecule has 2 heterocycles. The van der Waals surface area contributed by atoms with Gasteiger partial charge in [-0.15, -0.1) is 0 Å². The summed E-state index contributed by atoms with van der Waals surface area (Å²) < 4.78 is 0. The lowest BCUT2D eigenvalue weighted by Crippen LogP contribution is -2.57. The van der Waals surface area contributed by atoms with Gasteiger partial charge in [-0.2, -0.15) is 0 Å². The number of carboxylic acid groups (broad SMARTS) is 2. The maximum absolute atomic E-state index is 13.3. The summed E-state index contributed by atoms with van der Waals surface area (Å²) in [4.78, 5) is 72.6. The number of carboxylic acids is 2. The van der Waals surface area contributed by atoms with E-state index in [2.05, 4.69) is 30.9 Å². The van der Waals surface area contributed by atoms with Crippen LogP contribution >= 0.6 is 0 Å². The van der Waals surface area contributed by atoms with Crippen LogP contribution in [-0.2, 0) is 36.8 Å². The largest absolute Gasteiger partial charge is 0.481 e. The van der Waals surface area contributed by atoms with E-state index in [1.54, 1.807) is 12.3 Å². The Morgan fingerprint density at radius 2 is 1.53 bits per heavy atom. The van der Waals surface area contributed by atoms with Crippen LogP contribution in [0.1, 0.15) is 43.4 Å². The van der Waals surface area contributed by atoms with Crippen molar-refractivity contribution in [2.75, 3.05) is 6.54 Å². The second-order valence-electron chi connectivity index (χ2n) is 10.2. The third-order valence-corrected chi connectivity index (χ3v) is 6.90. The summed E-state index contributed by atoms with van der Waals surface area (Å²) in [7, 11) is 0. The number of carbonyl (C=O) groups excluding carboxylic acids is 3. The normalized spacial score (nSPS) is 13.9. The number of nitrogens with zero attached hydrogens (tertiary/aromatic N) is 1. The summed E-state index contributed by atoms with van der Waals surface area (Å²) in [5.74, 6) is -4.74. The van der Waals surface area contributed by atoms with Gasteiger partial charge in [0.2, 0.25) is 17.7 Å². The Hall–Kier alpha value is -4.76. The fourth-order valence-electron chi connectivity index (χ4n) is 4.57. The SMILES string of the molecule is NCCCCC(NC(=O)C(N)Cc1cnc[nH]1)C(=O)NC(CCC(=O)O)C(=O)NC(Cc1c[nH]c2ccccc12)C(=O)O. The smallest absolute Gasteiger partial charge is 0.326 e. The molecule has 43 heavy (non-hydrogen) atoms. The zero-order valence-corrected chi connectivity index (χ0v) is 23.5. The third-order valence-electron chi connectivity index (χ3n) is 6.90. The number of rotatable bonds is 18. The van der Waals surface area contributed by atoms with E-state index >= 15 is 0 Å². The van der Waals surface area contributed by atoms with E-state index in [-0.39, 0.29) is 25.7 Å². The van der Waals surface area contributed by atoms with Gasteiger partial charge in [-0.25, -0.2) is 9.78 Å². The minimum Gasteiger partial charge on any atom is -0.481 e. The van der Waals surface area contributed by atoms with Crippen LogP contribution in [-0.4, -0.2) is 85.5 Å². The predicted octanol–water partition coefficient (Wildman–Crippen LogP) is -0.464. The summed E-state index contributed by atoms with van der Waals surface area (Å²) >= 11 is 0. The topological polar surface area (TPSA) is 258 Å². The molecule has 1 aromatic carbocycles. The molecule has 0 spiro atoms. The standard InChI is InChI=1S/C28H38N8O7/c29-10-4-3-7-21(34-25(39)19(30)12-17-14-31-15-33-17)26(40)35-22(8-9-24(37)38)27(41)36-23(28(42)43)11-16-13-32-20-6-2-1-5-18(16)20/h1-2,5-6,13-15,19,21-23,32H,3-4,7-12,29-30H2,(H,31,33)(H,34,39)(H,35,40)(H,36,41)(H,37,38)(H,42,43). The van der Waals surface area contributed by atoms with Crippen LogP contribution in [0.3, 0.4) is 0 Å². The van der Waals surface area contributed by atoms with E-state index in [0.29, 0.717) is 30.6 Å². The number of aromatic amines is 2. The van der Waals surface area contributed by atoms with Crippen LogP contribution in [0.25, 0.3) is 10.9 Å². The van der Waals surface area contributed by atoms with E-state index in [9.17, 15) is 34.2 Å². The van der Waals surface area contributed by atoms with Crippen molar-refractivity contribution in [2.45, 2.75) is 69.1 Å². The van der Waals surface area contributed by atoms with Gasteiger partial charge in [0, 0.05) is 48.3 Å². The molecule has 4 atom stereocenters. The molecule has 3 rings (SSSR count). The highest BCUT2D eigenvalue weighted by Crippen LogP contribution is 2.19. The molecule has 3 aromatic rings. The number of carbonyl (C=O) groups is 5. The molecule has 0 aliphatic heterocycles. The van der Waals surface area contributed by atoms with Gasteiger partial charge in [-0.1, -0.05) is 18.2 Å². The zero-order chi connectivity index (χ0) is 31.4. The molecule has 15 nitrogen and oxygen atoms in total. The monoisotopic (exact) mass is 598 g/mol. The quantitative estimate of drug-likeness (QED) is 0.0851. The predicted molar refractivity (Wildman–Crippen MR) is 155 cm³/mol. The van der Waals surface area contributed by atoms with Crippen LogP contribution < -0.4 is 27.4 Å². The first kappa shape index (κ1) is 32.8. The van der Waals surface area contributed by atoms with Crippen molar-refractivity contribution in [3.63, 3.8) is 0 Å². The molecule has 0 radical (unpaired) electrons. The number of aliphatic carboxylic acids is 2. The first-order chi connectivity index (χ1) is 20.6. The van der Waals surface area contributed by atoms with Crippen LogP contribution in [0, 0.1) is 0 Å². The summed E-state index contributed by atoms with van der Waals surface area (Å²) in [6.07, 6.45) is 5.13. The molecule has 0 fully saturated rings. The third kappa shape index (κ3) is 9.93. The molecule has 0 saturated carbocycles. The lowest BCUT2D eigenvalue weighted by atomic mass is 10.0. The number of amides is 3. The number of benzene rings is 1. The number of imidazole rings is 1. The van der Waals surface area contributed by atoms with Gasteiger partial charge in [0.1, 0.15) is 18.1 Å². The highest BCUT2D eigenvalue weighted by atomic mass is 16.4. The molecular weight excluding hydrogens is 560 g/mol. The van der Waals surface area contributed by atoms with Gasteiger partial charge in [0.05, 0.1) is 12.4 Å². The molecule has 11 N–H and O–H groups in total. The van der Waals surface area contributed by atoms with Crippen molar-refractivity contribution in [3.05, 3.63) is 54.2 Å². The fraction of sp³-hybridized carbons (Fsp3) is 0.429. The van der Waals surface area contributed by atoms with Gasteiger partial charge in [0.15, 0.2) is 0 Å². The Balaban J connectivity index is 1.72. The number of fused-ring (bicyclic) bond motifs is 1. The van der Waals surface area contributed by atoms with Crippen LogP contribution in [0.15, 0.2) is 43.0 Å². The summed E-state index contributed by atoms with van der Waals surface area (Å²) in [6.45, 7) is 0.359. The molecule has 4 unspecified atom stereocenters. The van der Waals surface area contributed by atoms with Crippen molar-refractivity contribution in [3.8, 4) is 0 Å². The number of hydrogen-bond donors (Lipinski definition) is 9. The maximum atomic E-state index is 13.3. The minimum absolute atomic E-state index is 0.0589. The molecule has 2 aromatic heterocycles. The van der Waals surface area contributed by atoms with Crippen molar-refractivity contribution in [1.82, 2.24) is 30.9 Å². The molecule has 0 aliphatic carbocycles. The summed E-state index contributed by atoms with van der Waals surface area (Å²) in [5, 5.41) is 27.4. The molecule has 232 valence electrons. The van der Waals surface area contributed by atoms with Crippen molar-refractivity contribution < 1.29 is 34.2 Å². The van der Waals surface area contributed by atoms with Crippen LogP contribution in [0.4, 0.5) is 0 Å². The highest BCUT2D eigenvalue weighted by molar-refractivity contribution is 5.94. The van der Waals surface area contributed by atoms with Crippen LogP contribution in [0.5, 0.6) is 0 Å². The minimum atomic E-state index is -1.39. The Morgan fingerprint density at radius 3 is 2.19 bits per heavy atom. The van der Waals surface area contributed by atoms with E-state index in [1.165, 1.54) is 12.5 Å². The second-order valence-corrected chi connectivity index (χ2v) is 10.2. The van der Waals surface area contributed by atoms with E-state index in [4.69, 9.17) is 11.5 Å². The first-order valence-electron chi connectivity index (χ1n) is 13.9. The van der Waals surface area contributed by atoms with E-state index in [0.717, 1.165) is 10.9 Å². The molecule has 3 amide bonds. The number of hydrogen-bond acceptors (Lipinski definition) is 8. The van der Waals surface area contributed by atoms with Crippen molar-refractivity contribution in [2.24, 2.45) is 11.5 Å². The Bertz CT molecular complexity index is 1390. The molecule has 0 aliphatic rings. The van der Waals surface area contributed by atoms with Gasteiger partial charge >= 0.3 is 11.9 Å². The molecule has 15 heteroatoms. The Kier molecular flexibility index (Phi) is 12.2. The number of nitrogens with one attached hydrogen (secondary N) is 5. The van der Waals surface area contributed by atoms with Crippen LogP contribution in [0.2, 0.25) is 0 Å². The molecule has 0 bridgehead atoms. The second kappa shape index (κ2) is 16.0. The van der Waals surface area contributed by atoms with E-state index < -0.39 is 60.2 Å². The average molecular weight is 599 g/mol. The molecular formula is C28H38N8O7. The average Bonchev–Trinajstić information content (AvgIpc) is 3.64. The lowest BCUT2D eigenvalue weighted by Gasteiger charge is -2.25. The van der Waals surface area contributed by atoms with Gasteiger partial charge < -0.3 is 47.6 Å². The zero-order valence-electron chi connectivity index (χ0n) is 23.5. The highest BCUT2D eigenvalue weighted by Gasteiger charge is 2.31. The van der Waals surface area contributed by atoms with E-state index in [1.807, 2.05) is 18.2 Å². The number of nitrogens with two attached hydrogens (primary N) is 2. The Morgan fingerprint density at radius 1 is 0.860 bits per heavy atom. The number of unbranched alkanes of at least 4 members (excludes halogenated alkanes) is 1. The first-order valence-corrected chi connectivity index (χ1v) is 13.9. The lowest BCUT2D eigenvalue weighted by molar-refractivity contribution is -0.143. The summed E-state index contributed by atoms with van der Waals surface area (Å²) in [6, 6.07) is 2.42. The maximum Gasteiger partial charge on any atom is 0.326 e. The number of aromatic nitrogens is 3. The molecule has 0 saturated heterocycles.